The van der Waals surface area contributed by atoms with Crippen molar-refractivity contribution in [1.82, 2.24) is 15.5 Å². The number of carbonyl (C=O) groups excluding carboxylic acids is 1. The number of aryl methyl sites for hydroxylation is 1. The Morgan fingerprint density at radius 2 is 1.82 bits per heavy atom. The van der Waals surface area contributed by atoms with E-state index in [1.54, 1.807) is 32.4 Å². The average Bonchev–Trinajstić information content (AvgIpc) is 2.69. The average molecular weight is 496 g/mol. The number of guanidine groups is 1. The minimum absolute atomic E-state index is 0. The number of benzene rings is 2. The van der Waals surface area contributed by atoms with Crippen molar-refractivity contribution in [2.24, 2.45) is 4.99 Å². The fourth-order valence-electron chi connectivity index (χ4n) is 2.72. The van der Waals surface area contributed by atoms with E-state index in [2.05, 4.69) is 39.6 Å². The highest BCUT2D eigenvalue weighted by Crippen LogP contribution is 2.12. The molecule has 0 saturated carbocycles. The Bertz CT molecular complexity index is 795. The summed E-state index contributed by atoms with van der Waals surface area (Å²) in [6.45, 7) is 3.95. The molecule has 0 heterocycles. The lowest BCUT2D eigenvalue weighted by Gasteiger charge is -2.23. The summed E-state index contributed by atoms with van der Waals surface area (Å²) in [4.78, 5) is 18.6. The number of halogens is 1. The monoisotopic (exact) mass is 496 g/mol. The minimum atomic E-state index is -0.126. The molecule has 0 unspecified atom stereocenters. The molecule has 0 fully saturated rings. The maximum absolute atomic E-state index is 12.2. The molecule has 0 aliphatic carbocycles. The summed E-state index contributed by atoms with van der Waals surface area (Å²) in [6.07, 6.45) is 0. The van der Waals surface area contributed by atoms with Crippen molar-refractivity contribution < 1.29 is 9.53 Å². The summed E-state index contributed by atoms with van der Waals surface area (Å²) in [5.41, 5.74) is 3.09. The molecule has 0 saturated heterocycles. The summed E-state index contributed by atoms with van der Waals surface area (Å²) < 4.78 is 5.15. The van der Waals surface area contributed by atoms with Gasteiger partial charge in [0.15, 0.2) is 5.96 Å². The number of nitrogens with one attached hydrogen (secondary N) is 2. The number of amides is 1. The molecule has 2 aromatic rings. The maximum atomic E-state index is 12.2. The molecular weight excluding hydrogens is 467 g/mol. The van der Waals surface area contributed by atoms with Gasteiger partial charge in [-0.3, -0.25) is 9.79 Å². The lowest BCUT2D eigenvalue weighted by atomic mass is 10.1. The quantitative estimate of drug-likeness (QED) is 0.268. The predicted octanol–water partition coefficient (Wildman–Crippen LogP) is 3.06. The smallest absolute Gasteiger partial charge is 0.251 e. The molecule has 0 bridgehead atoms. The van der Waals surface area contributed by atoms with Crippen molar-refractivity contribution in [3.05, 3.63) is 65.2 Å². The van der Waals surface area contributed by atoms with Gasteiger partial charge in [0.25, 0.3) is 5.91 Å². The van der Waals surface area contributed by atoms with Crippen LogP contribution >= 0.6 is 24.0 Å². The number of nitrogens with zero attached hydrogens (tertiary/aromatic N) is 2. The zero-order valence-corrected chi connectivity index (χ0v) is 19.2. The number of hydrogen-bond donors (Lipinski definition) is 2. The van der Waals surface area contributed by atoms with Crippen molar-refractivity contribution in [3.63, 3.8) is 0 Å². The first-order valence-electron chi connectivity index (χ1n) is 8.93. The van der Waals surface area contributed by atoms with Crippen LogP contribution in [0.25, 0.3) is 0 Å². The number of hydrogen-bond acceptors (Lipinski definition) is 3. The van der Waals surface area contributed by atoms with Crippen molar-refractivity contribution in [3.8, 4) is 5.75 Å². The highest BCUT2D eigenvalue weighted by Gasteiger charge is 2.09. The Kier molecular flexibility index (Phi) is 10.4. The molecule has 0 radical (unpaired) electrons. The van der Waals surface area contributed by atoms with E-state index < -0.39 is 0 Å². The maximum Gasteiger partial charge on any atom is 0.251 e. The fraction of sp³-hybridized carbons (Fsp3) is 0.333. The van der Waals surface area contributed by atoms with E-state index in [0.29, 0.717) is 24.4 Å². The number of ether oxygens (including phenoxy) is 1. The molecule has 6 nitrogen and oxygen atoms in total. The fourth-order valence-corrected chi connectivity index (χ4v) is 2.72. The van der Waals surface area contributed by atoms with Gasteiger partial charge in [0.05, 0.1) is 7.11 Å². The Morgan fingerprint density at radius 1 is 1.11 bits per heavy atom. The third kappa shape index (κ3) is 7.03. The van der Waals surface area contributed by atoms with Crippen LogP contribution in [-0.4, -0.2) is 51.1 Å². The molecule has 28 heavy (non-hydrogen) atoms. The van der Waals surface area contributed by atoms with Crippen LogP contribution in [0.1, 0.15) is 21.5 Å². The second kappa shape index (κ2) is 12.2. The van der Waals surface area contributed by atoms with Gasteiger partial charge in [-0.2, -0.15) is 0 Å². The molecule has 0 spiro atoms. The van der Waals surface area contributed by atoms with Crippen LogP contribution in [0.4, 0.5) is 0 Å². The summed E-state index contributed by atoms with van der Waals surface area (Å²) in [5.74, 6) is 1.33. The van der Waals surface area contributed by atoms with E-state index in [0.717, 1.165) is 12.5 Å². The van der Waals surface area contributed by atoms with E-state index in [-0.39, 0.29) is 29.9 Å². The molecule has 0 aromatic heterocycles. The number of carbonyl (C=O) groups is 1. The van der Waals surface area contributed by atoms with Crippen LogP contribution in [-0.2, 0) is 6.54 Å². The Morgan fingerprint density at radius 3 is 2.50 bits per heavy atom. The minimum Gasteiger partial charge on any atom is -0.497 e. The highest BCUT2D eigenvalue weighted by molar-refractivity contribution is 14.0. The standard InChI is InChI=1S/C21H28N4O2.HI/c1-16-8-5-6-9-18(16)15-25(3)21(22-2)24-13-12-23-20(26)17-10-7-11-19(14-17)27-4;/h5-11,14H,12-13,15H2,1-4H3,(H,22,24)(H,23,26);1H. The first-order chi connectivity index (χ1) is 13.0. The van der Waals surface area contributed by atoms with Crippen LogP contribution in [0.3, 0.4) is 0 Å². The Labute approximate surface area is 184 Å². The van der Waals surface area contributed by atoms with Gasteiger partial charge in [-0.25, -0.2) is 0 Å². The Hall–Kier alpha value is -2.29. The largest absolute Gasteiger partial charge is 0.497 e. The van der Waals surface area contributed by atoms with E-state index in [1.165, 1.54) is 11.1 Å². The zero-order chi connectivity index (χ0) is 19.6. The van der Waals surface area contributed by atoms with Gasteiger partial charge >= 0.3 is 0 Å². The molecular formula is C21H29IN4O2. The second-order valence-corrected chi connectivity index (χ2v) is 6.24. The van der Waals surface area contributed by atoms with Crippen molar-refractivity contribution in [1.29, 1.82) is 0 Å². The first kappa shape index (κ1) is 23.7. The number of rotatable bonds is 7. The topological polar surface area (TPSA) is 66.0 Å². The van der Waals surface area contributed by atoms with Gasteiger partial charge < -0.3 is 20.3 Å². The van der Waals surface area contributed by atoms with E-state index in [4.69, 9.17) is 4.74 Å². The summed E-state index contributed by atoms with van der Waals surface area (Å²) in [5, 5.41) is 6.17. The van der Waals surface area contributed by atoms with Gasteiger partial charge in [-0.05, 0) is 36.2 Å². The molecule has 2 rings (SSSR count). The van der Waals surface area contributed by atoms with E-state index in [1.807, 2.05) is 25.2 Å². The molecule has 0 aliphatic heterocycles. The normalized spacial score (nSPS) is 10.6. The van der Waals surface area contributed by atoms with Crippen LogP contribution in [0.15, 0.2) is 53.5 Å². The van der Waals surface area contributed by atoms with Gasteiger partial charge in [0.2, 0.25) is 0 Å². The lowest BCUT2D eigenvalue weighted by molar-refractivity contribution is 0.0954. The molecule has 2 N–H and O–H groups in total. The van der Waals surface area contributed by atoms with Crippen LogP contribution < -0.4 is 15.4 Å². The molecule has 0 aliphatic rings. The van der Waals surface area contributed by atoms with E-state index in [9.17, 15) is 4.79 Å². The SMILES string of the molecule is CN=C(NCCNC(=O)c1cccc(OC)c1)N(C)Cc1ccccc1C.I. The molecule has 152 valence electrons. The van der Waals surface area contributed by atoms with Crippen molar-refractivity contribution >= 4 is 35.8 Å². The number of methoxy groups -OCH3 is 1. The van der Waals surface area contributed by atoms with Crippen molar-refractivity contribution in [2.45, 2.75) is 13.5 Å². The summed E-state index contributed by atoms with van der Waals surface area (Å²) >= 11 is 0. The van der Waals surface area contributed by atoms with Gasteiger partial charge in [-0.1, -0.05) is 30.3 Å². The molecule has 0 atom stereocenters. The van der Waals surface area contributed by atoms with Crippen LogP contribution in [0, 0.1) is 6.92 Å². The molecule has 1 amide bonds. The second-order valence-electron chi connectivity index (χ2n) is 6.24. The highest BCUT2D eigenvalue weighted by atomic mass is 127. The van der Waals surface area contributed by atoms with Crippen LogP contribution in [0.2, 0.25) is 0 Å². The van der Waals surface area contributed by atoms with Gasteiger partial charge in [0, 0.05) is 39.3 Å². The van der Waals surface area contributed by atoms with Crippen LogP contribution in [0.5, 0.6) is 5.75 Å². The van der Waals surface area contributed by atoms with Gasteiger partial charge in [-0.15, -0.1) is 24.0 Å². The Balaban J connectivity index is 0.00000392. The first-order valence-corrected chi connectivity index (χ1v) is 8.93. The van der Waals surface area contributed by atoms with E-state index >= 15 is 0 Å². The summed E-state index contributed by atoms with van der Waals surface area (Å²) in [6, 6.07) is 15.4. The molecule has 2 aromatic carbocycles. The lowest BCUT2D eigenvalue weighted by Crippen LogP contribution is -2.42. The molecule has 7 heteroatoms. The zero-order valence-electron chi connectivity index (χ0n) is 16.9. The number of aliphatic imine (C=N–C) groups is 1. The predicted molar refractivity (Wildman–Crippen MR) is 125 cm³/mol. The third-order valence-corrected chi connectivity index (χ3v) is 4.27. The third-order valence-electron chi connectivity index (χ3n) is 4.27. The van der Waals surface area contributed by atoms with Gasteiger partial charge in [0.1, 0.15) is 5.75 Å². The summed E-state index contributed by atoms with van der Waals surface area (Å²) in [7, 11) is 5.34. The van der Waals surface area contributed by atoms with Crippen molar-refractivity contribution in [2.75, 3.05) is 34.3 Å².